The maximum Gasteiger partial charge on any atom is 0.286 e. The minimum Gasteiger partial charge on any atom is -0.487 e. The lowest BCUT2D eigenvalue weighted by Crippen LogP contribution is -2.15. The van der Waals surface area contributed by atoms with Crippen molar-refractivity contribution < 1.29 is 29.0 Å². The lowest BCUT2D eigenvalue weighted by molar-refractivity contribution is -0.385. The molecule has 0 bridgehead atoms. The largest absolute Gasteiger partial charge is 0.487 e. The van der Waals surface area contributed by atoms with Crippen LogP contribution >= 0.6 is 0 Å². The number of ether oxygens (including phenoxy) is 3. The molecular formula is C12H16N2O7. The van der Waals surface area contributed by atoms with E-state index in [4.69, 9.17) is 25.1 Å². The number of nitro groups is 1. The van der Waals surface area contributed by atoms with Gasteiger partial charge in [0.25, 0.3) is 11.6 Å². The third kappa shape index (κ3) is 4.58. The number of methoxy groups -OCH3 is 1. The Morgan fingerprint density at radius 1 is 1.29 bits per heavy atom. The molecule has 0 aliphatic heterocycles. The van der Waals surface area contributed by atoms with Gasteiger partial charge in [-0.2, -0.15) is 0 Å². The molecule has 116 valence electrons. The van der Waals surface area contributed by atoms with Crippen LogP contribution in [0.1, 0.15) is 10.4 Å². The molecule has 21 heavy (non-hydrogen) atoms. The van der Waals surface area contributed by atoms with Crippen molar-refractivity contribution in [2.75, 3.05) is 33.5 Å². The van der Waals surface area contributed by atoms with Crippen LogP contribution in [0.15, 0.2) is 12.1 Å². The van der Waals surface area contributed by atoms with E-state index in [9.17, 15) is 14.9 Å². The predicted octanol–water partition coefficient (Wildman–Crippen LogP) is 0.0900. The van der Waals surface area contributed by atoms with E-state index in [-0.39, 0.29) is 43.5 Å². The smallest absolute Gasteiger partial charge is 0.286 e. The second kappa shape index (κ2) is 8.02. The van der Waals surface area contributed by atoms with Crippen LogP contribution in [0.2, 0.25) is 0 Å². The van der Waals surface area contributed by atoms with Gasteiger partial charge in [-0.1, -0.05) is 0 Å². The summed E-state index contributed by atoms with van der Waals surface area (Å²) in [5.74, 6) is -0.802. The van der Waals surface area contributed by atoms with E-state index in [1.54, 1.807) is 0 Å². The quantitative estimate of drug-likeness (QED) is 0.375. The van der Waals surface area contributed by atoms with E-state index < -0.39 is 16.5 Å². The van der Waals surface area contributed by atoms with Crippen molar-refractivity contribution in [2.45, 2.75) is 0 Å². The molecular weight excluding hydrogens is 284 g/mol. The van der Waals surface area contributed by atoms with E-state index in [0.717, 1.165) is 12.1 Å². The van der Waals surface area contributed by atoms with E-state index in [1.165, 1.54) is 7.11 Å². The highest BCUT2D eigenvalue weighted by Gasteiger charge is 2.23. The molecule has 9 heteroatoms. The first-order valence-corrected chi connectivity index (χ1v) is 5.99. The number of hydrogen-bond donors (Lipinski definition) is 2. The number of aliphatic hydroxyl groups excluding tert-OH is 1. The number of aliphatic hydroxyl groups is 1. The Bertz CT molecular complexity index is 519. The Kier molecular flexibility index (Phi) is 6.37. The van der Waals surface area contributed by atoms with Gasteiger partial charge in [-0.15, -0.1) is 0 Å². The SMILES string of the molecule is COCCOc1cc(C(N)=O)c([N+](=O)[O-])cc1OCCO. The molecule has 1 aromatic rings. The maximum absolute atomic E-state index is 11.3. The van der Waals surface area contributed by atoms with Gasteiger partial charge < -0.3 is 25.1 Å². The summed E-state index contributed by atoms with van der Waals surface area (Å²) < 4.78 is 15.3. The third-order valence-electron chi connectivity index (χ3n) is 2.42. The molecule has 3 N–H and O–H groups in total. The lowest BCUT2D eigenvalue weighted by Gasteiger charge is -2.13. The zero-order valence-electron chi connectivity index (χ0n) is 11.4. The second-order valence-corrected chi connectivity index (χ2v) is 3.85. The summed E-state index contributed by atoms with van der Waals surface area (Å²) in [6, 6.07) is 2.18. The van der Waals surface area contributed by atoms with Gasteiger partial charge in [-0.25, -0.2) is 0 Å². The zero-order valence-corrected chi connectivity index (χ0v) is 11.4. The Morgan fingerprint density at radius 3 is 2.43 bits per heavy atom. The Hall–Kier alpha value is -2.39. The van der Waals surface area contributed by atoms with Crippen LogP contribution in [0.25, 0.3) is 0 Å². The molecule has 0 fully saturated rings. The number of primary amides is 1. The van der Waals surface area contributed by atoms with Gasteiger partial charge in [0, 0.05) is 13.2 Å². The van der Waals surface area contributed by atoms with Crippen LogP contribution in [0.4, 0.5) is 5.69 Å². The summed E-state index contributed by atoms with van der Waals surface area (Å²) in [4.78, 5) is 21.5. The molecule has 0 saturated carbocycles. The third-order valence-corrected chi connectivity index (χ3v) is 2.42. The summed E-state index contributed by atoms with van der Waals surface area (Å²) >= 11 is 0. The van der Waals surface area contributed by atoms with E-state index in [1.807, 2.05) is 0 Å². The highest BCUT2D eigenvalue weighted by atomic mass is 16.6. The predicted molar refractivity (Wildman–Crippen MR) is 71.6 cm³/mol. The van der Waals surface area contributed by atoms with Gasteiger partial charge in [0.05, 0.1) is 24.2 Å². The van der Waals surface area contributed by atoms with Gasteiger partial charge >= 0.3 is 0 Å². The fourth-order valence-electron chi connectivity index (χ4n) is 1.51. The van der Waals surface area contributed by atoms with Crippen molar-refractivity contribution >= 4 is 11.6 Å². The van der Waals surface area contributed by atoms with Crippen molar-refractivity contribution in [1.29, 1.82) is 0 Å². The van der Waals surface area contributed by atoms with Crippen molar-refractivity contribution in [1.82, 2.24) is 0 Å². The maximum atomic E-state index is 11.3. The van der Waals surface area contributed by atoms with Crippen LogP contribution in [0, 0.1) is 10.1 Å². The highest BCUT2D eigenvalue weighted by molar-refractivity contribution is 5.97. The second-order valence-electron chi connectivity index (χ2n) is 3.85. The molecule has 0 aliphatic carbocycles. The van der Waals surface area contributed by atoms with Gasteiger partial charge in [-0.05, 0) is 0 Å². The van der Waals surface area contributed by atoms with Gasteiger partial charge in [0.1, 0.15) is 18.8 Å². The number of hydrogen-bond acceptors (Lipinski definition) is 7. The molecule has 0 unspecified atom stereocenters. The van der Waals surface area contributed by atoms with Crippen LogP contribution in [0.5, 0.6) is 11.5 Å². The number of nitrogens with zero attached hydrogens (tertiary/aromatic N) is 1. The number of amides is 1. The molecule has 0 atom stereocenters. The zero-order chi connectivity index (χ0) is 15.8. The van der Waals surface area contributed by atoms with Gasteiger partial charge in [-0.3, -0.25) is 14.9 Å². The van der Waals surface area contributed by atoms with Crippen molar-refractivity contribution in [3.05, 3.63) is 27.8 Å². The Balaban J connectivity index is 3.19. The van der Waals surface area contributed by atoms with Crippen LogP contribution in [-0.4, -0.2) is 49.5 Å². The summed E-state index contributed by atoms with van der Waals surface area (Å²) in [5, 5.41) is 19.7. The van der Waals surface area contributed by atoms with Crippen LogP contribution < -0.4 is 15.2 Å². The fraction of sp³-hybridized carbons (Fsp3) is 0.417. The van der Waals surface area contributed by atoms with E-state index in [0.29, 0.717) is 0 Å². The topological polar surface area (TPSA) is 134 Å². The number of nitro benzene ring substituents is 1. The molecule has 0 aromatic heterocycles. The van der Waals surface area contributed by atoms with Crippen LogP contribution in [-0.2, 0) is 4.74 Å². The summed E-state index contributed by atoms with van der Waals surface area (Å²) in [7, 11) is 1.48. The van der Waals surface area contributed by atoms with Crippen molar-refractivity contribution in [3.8, 4) is 11.5 Å². The summed E-state index contributed by atoms with van der Waals surface area (Å²) in [6.45, 7) is 0.0842. The molecule has 1 amide bonds. The van der Waals surface area contributed by atoms with E-state index in [2.05, 4.69) is 0 Å². The van der Waals surface area contributed by atoms with Crippen molar-refractivity contribution in [2.24, 2.45) is 5.73 Å². The summed E-state index contributed by atoms with van der Waals surface area (Å²) in [6.07, 6.45) is 0. The van der Waals surface area contributed by atoms with Crippen molar-refractivity contribution in [3.63, 3.8) is 0 Å². The monoisotopic (exact) mass is 300 g/mol. The Morgan fingerprint density at radius 2 is 1.90 bits per heavy atom. The Labute approximate surface area is 120 Å². The fourth-order valence-corrected chi connectivity index (χ4v) is 1.51. The molecule has 0 spiro atoms. The number of rotatable bonds is 9. The van der Waals surface area contributed by atoms with E-state index >= 15 is 0 Å². The van der Waals surface area contributed by atoms with Gasteiger partial charge in [0.15, 0.2) is 11.5 Å². The first-order valence-electron chi connectivity index (χ1n) is 5.99. The molecule has 0 radical (unpaired) electrons. The number of nitrogens with two attached hydrogens (primary N) is 1. The minimum atomic E-state index is -0.952. The molecule has 1 rings (SSSR count). The first-order chi connectivity index (χ1) is 10.0. The molecule has 0 saturated heterocycles. The normalized spacial score (nSPS) is 10.2. The highest BCUT2D eigenvalue weighted by Crippen LogP contribution is 2.34. The average Bonchev–Trinajstić information content (AvgIpc) is 2.45. The first kappa shape index (κ1) is 16.7. The number of carbonyl (C=O) groups excluding carboxylic acids is 1. The molecule has 0 aliphatic rings. The van der Waals surface area contributed by atoms with Crippen LogP contribution in [0.3, 0.4) is 0 Å². The molecule has 0 heterocycles. The number of benzene rings is 1. The number of carbonyl (C=O) groups is 1. The average molecular weight is 300 g/mol. The van der Waals surface area contributed by atoms with Gasteiger partial charge in [0.2, 0.25) is 0 Å². The molecule has 1 aromatic carbocycles. The lowest BCUT2D eigenvalue weighted by atomic mass is 10.1. The summed E-state index contributed by atoms with van der Waals surface area (Å²) in [5.41, 5.74) is 4.34. The molecule has 9 nitrogen and oxygen atoms in total. The minimum absolute atomic E-state index is 0.0388. The standard InChI is InChI=1S/C12H16N2O7/c1-19-4-5-21-10-6-8(12(13)16)9(14(17)18)7-11(10)20-3-2-15/h6-7,15H,2-5H2,1H3,(H2,13,16).